The van der Waals surface area contributed by atoms with E-state index in [2.05, 4.69) is 28.8 Å². The van der Waals surface area contributed by atoms with E-state index in [9.17, 15) is 4.79 Å². The Morgan fingerprint density at radius 1 is 1.19 bits per heavy atom. The van der Waals surface area contributed by atoms with Crippen LogP contribution < -0.4 is 10.6 Å². The predicted molar refractivity (Wildman–Crippen MR) is 81.1 cm³/mol. The monoisotopic (exact) mass is 284 g/mol. The summed E-state index contributed by atoms with van der Waals surface area (Å²) in [4.78, 5) is 12.3. The van der Waals surface area contributed by atoms with Gasteiger partial charge in [-0.15, -0.1) is 0 Å². The van der Waals surface area contributed by atoms with Crippen LogP contribution in [0.4, 0.5) is 0 Å². The van der Waals surface area contributed by atoms with Crippen molar-refractivity contribution in [1.29, 1.82) is 0 Å². The van der Waals surface area contributed by atoms with Gasteiger partial charge in [-0.05, 0) is 37.5 Å². The number of fused-ring (bicyclic) bond motifs is 1. The molecule has 0 saturated heterocycles. The Bertz CT molecular complexity index is 701. The molecule has 1 amide bonds. The highest BCUT2D eigenvalue weighted by atomic mass is 16.3. The molecule has 3 rings (SSSR count). The van der Waals surface area contributed by atoms with E-state index in [1.807, 2.05) is 20.8 Å². The lowest BCUT2D eigenvalue weighted by molar-refractivity contribution is 0.0949. The number of carbonyl (C=O) groups is 1. The average molecular weight is 284 g/mol. The Labute approximate surface area is 124 Å². The zero-order valence-corrected chi connectivity index (χ0v) is 12.7. The summed E-state index contributed by atoms with van der Waals surface area (Å²) in [6.45, 7) is 8.02. The van der Waals surface area contributed by atoms with E-state index < -0.39 is 0 Å². The number of benzene rings is 1. The van der Waals surface area contributed by atoms with Crippen molar-refractivity contribution in [2.45, 2.75) is 40.4 Å². The average Bonchev–Trinajstić information content (AvgIpc) is 3.01. The number of nitrogens with one attached hydrogen (secondary N) is 2. The van der Waals surface area contributed by atoms with E-state index in [1.54, 1.807) is 0 Å². The summed E-state index contributed by atoms with van der Waals surface area (Å²) in [5.74, 6) is 1.42. The van der Waals surface area contributed by atoms with Crippen LogP contribution in [-0.2, 0) is 19.6 Å². The maximum absolute atomic E-state index is 12.3. The zero-order chi connectivity index (χ0) is 15.0. The lowest BCUT2D eigenvalue weighted by Crippen LogP contribution is -2.23. The van der Waals surface area contributed by atoms with Gasteiger partial charge in [0.1, 0.15) is 11.5 Å². The molecule has 0 radical (unpaired) electrons. The van der Waals surface area contributed by atoms with Crippen LogP contribution in [0, 0.1) is 20.8 Å². The molecular weight excluding hydrogens is 264 g/mol. The van der Waals surface area contributed by atoms with Gasteiger partial charge in [0.2, 0.25) is 0 Å². The van der Waals surface area contributed by atoms with Gasteiger partial charge in [-0.1, -0.05) is 18.2 Å². The van der Waals surface area contributed by atoms with Crippen LogP contribution in [0.2, 0.25) is 0 Å². The molecule has 1 aliphatic rings. The molecule has 110 valence electrons. The first-order valence-corrected chi connectivity index (χ1v) is 7.22. The Morgan fingerprint density at radius 2 is 1.95 bits per heavy atom. The van der Waals surface area contributed by atoms with Gasteiger partial charge in [-0.25, -0.2) is 0 Å². The topological polar surface area (TPSA) is 54.3 Å². The highest BCUT2D eigenvalue weighted by Gasteiger charge is 2.18. The Balaban J connectivity index is 1.71. The van der Waals surface area contributed by atoms with Crippen molar-refractivity contribution in [1.82, 2.24) is 10.6 Å². The van der Waals surface area contributed by atoms with Gasteiger partial charge in [0.25, 0.3) is 5.91 Å². The van der Waals surface area contributed by atoms with Crippen LogP contribution >= 0.6 is 0 Å². The summed E-state index contributed by atoms with van der Waals surface area (Å²) in [6.07, 6.45) is 0. The Kier molecular flexibility index (Phi) is 3.55. The fourth-order valence-electron chi connectivity index (χ4n) is 2.86. The second-order valence-corrected chi connectivity index (χ2v) is 5.60. The van der Waals surface area contributed by atoms with Crippen molar-refractivity contribution in [3.63, 3.8) is 0 Å². The summed E-state index contributed by atoms with van der Waals surface area (Å²) >= 11 is 0. The lowest BCUT2D eigenvalue weighted by Gasteiger charge is -2.07. The van der Waals surface area contributed by atoms with Crippen molar-refractivity contribution in [3.05, 3.63) is 57.5 Å². The van der Waals surface area contributed by atoms with Crippen molar-refractivity contribution in [3.8, 4) is 0 Å². The first-order chi connectivity index (χ1) is 10.1. The number of furan rings is 1. The molecule has 0 spiro atoms. The highest BCUT2D eigenvalue weighted by molar-refractivity contribution is 5.96. The minimum Gasteiger partial charge on any atom is -0.466 e. The summed E-state index contributed by atoms with van der Waals surface area (Å²) in [5.41, 5.74) is 5.38. The van der Waals surface area contributed by atoms with Gasteiger partial charge < -0.3 is 15.1 Å². The highest BCUT2D eigenvalue weighted by Crippen LogP contribution is 2.21. The molecule has 0 fully saturated rings. The molecule has 0 unspecified atom stereocenters. The molecule has 2 N–H and O–H groups in total. The van der Waals surface area contributed by atoms with Crippen LogP contribution in [0.15, 0.2) is 22.6 Å². The minimum absolute atomic E-state index is 0.0690. The number of carbonyl (C=O) groups excluding carboxylic acids is 1. The molecule has 1 aromatic heterocycles. The van der Waals surface area contributed by atoms with Gasteiger partial charge >= 0.3 is 0 Å². The van der Waals surface area contributed by atoms with E-state index in [-0.39, 0.29) is 5.91 Å². The first kappa shape index (κ1) is 13.9. The third kappa shape index (κ3) is 2.59. The maximum atomic E-state index is 12.3. The van der Waals surface area contributed by atoms with Gasteiger partial charge in [-0.3, -0.25) is 4.79 Å². The second kappa shape index (κ2) is 5.37. The minimum atomic E-state index is -0.0690. The van der Waals surface area contributed by atoms with Crippen LogP contribution in [-0.4, -0.2) is 5.91 Å². The van der Waals surface area contributed by atoms with Crippen LogP contribution in [0.5, 0.6) is 0 Å². The predicted octanol–water partition coefficient (Wildman–Crippen LogP) is 2.74. The molecule has 0 bridgehead atoms. The number of hydrogen-bond acceptors (Lipinski definition) is 3. The molecule has 4 heteroatoms. The molecule has 0 atom stereocenters. The van der Waals surface area contributed by atoms with Crippen molar-refractivity contribution in [2.75, 3.05) is 0 Å². The molecule has 1 aliphatic heterocycles. The molecule has 0 aliphatic carbocycles. The van der Waals surface area contributed by atoms with E-state index in [1.165, 1.54) is 11.1 Å². The summed E-state index contributed by atoms with van der Waals surface area (Å²) < 4.78 is 5.51. The molecule has 2 heterocycles. The van der Waals surface area contributed by atoms with Crippen molar-refractivity contribution < 1.29 is 9.21 Å². The number of hydrogen-bond donors (Lipinski definition) is 2. The van der Waals surface area contributed by atoms with Gasteiger partial charge in [0.05, 0.1) is 5.56 Å². The SMILES string of the molecule is Cc1oc(C)c(C(=O)NCc2ccc3c(c2)CNC3)c1C. The largest absolute Gasteiger partial charge is 0.466 e. The molecule has 4 nitrogen and oxygen atoms in total. The molecule has 21 heavy (non-hydrogen) atoms. The fourth-order valence-corrected chi connectivity index (χ4v) is 2.86. The lowest BCUT2D eigenvalue weighted by atomic mass is 10.1. The molecule has 0 saturated carbocycles. The van der Waals surface area contributed by atoms with Gasteiger partial charge in [0, 0.05) is 25.2 Å². The van der Waals surface area contributed by atoms with E-state index in [4.69, 9.17) is 4.42 Å². The third-order valence-corrected chi connectivity index (χ3v) is 4.14. The van der Waals surface area contributed by atoms with Gasteiger partial charge in [-0.2, -0.15) is 0 Å². The molecular formula is C17H20N2O2. The summed E-state index contributed by atoms with van der Waals surface area (Å²) in [6, 6.07) is 6.37. The van der Waals surface area contributed by atoms with Gasteiger partial charge in [0.15, 0.2) is 0 Å². The van der Waals surface area contributed by atoms with E-state index in [0.717, 1.165) is 30.0 Å². The smallest absolute Gasteiger partial charge is 0.255 e. The second-order valence-electron chi connectivity index (χ2n) is 5.60. The first-order valence-electron chi connectivity index (χ1n) is 7.22. The summed E-state index contributed by atoms with van der Waals surface area (Å²) in [5, 5.41) is 6.31. The number of aryl methyl sites for hydroxylation is 2. The number of rotatable bonds is 3. The Morgan fingerprint density at radius 3 is 2.67 bits per heavy atom. The third-order valence-electron chi connectivity index (χ3n) is 4.14. The van der Waals surface area contributed by atoms with Crippen LogP contribution in [0.25, 0.3) is 0 Å². The van der Waals surface area contributed by atoms with Crippen molar-refractivity contribution >= 4 is 5.91 Å². The van der Waals surface area contributed by atoms with E-state index >= 15 is 0 Å². The van der Waals surface area contributed by atoms with Crippen LogP contribution in [0.1, 0.15) is 44.1 Å². The summed E-state index contributed by atoms with van der Waals surface area (Å²) in [7, 11) is 0. The van der Waals surface area contributed by atoms with E-state index in [0.29, 0.717) is 17.9 Å². The standard InChI is InChI=1S/C17H20N2O2/c1-10-11(2)21-12(3)16(10)17(20)19-7-13-4-5-14-8-18-9-15(14)6-13/h4-6,18H,7-9H2,1-3H3,(H,19,20). The molecule has 2 aromatic rings. The van der Waals surface area contributed by atoms with Crippen molar-refractivity contribution in [2.24, 2.45) is 0 Å². The maximum Gasteiger partial charge on any atom is 0.255 e. The fraction of sp³-hybridized carbons (Fsp3) is 0.353. The normalized spacial score (nSPS) is 13.3. The molecule has 1 aromatic carbocycles. The quantitative estimate of drug-likeness (QED) is 0.911. The zero-order valence-electron chi connectivity index (χ0n) is 12.7. The Hall–Kier alpha value is -2.07. The number of amides is 1. The van der Waals surface area contributed by atoms with Crippen LogP contribution in [0.3, 0.4) is 0 Å².